The summed E-state index contributed by atoms with van der Waals surface area (Å²) < 4.78 is 13.1. The van der Waals surface area contributed by atoms with Crippen LogP contribution < -0.4 is 0 Å². The van der Waals surface area contributed by atoms with Gasteiger partial charge in [0.25, 0.3) is 0 Å². The van der Waals surface area contributed by atoms with E-state index in [0.717, 1.165) is 32.4 Å². The lowest BCUT2D eigenvalue weighted by molar-refractivity contribution is 0.0215. The standard InChI is InChI=1S/C16H24FNO2/c1-2-16(12-19)6-8-18(9-7-16)11-15(20)13-4-3-5-14(17)10-13/h3-5,10,15,19-20H,2,6-9,11-12H2,1H3. The third-order valence-electron chi connectivity index (χ3n) is 4.67. The molecule has 0 aromatic heterocycles. The van der Waals surface area contributed by atoms with E-state index in [1.54, 1.807) is 12.1 Å². The molecule has 1 saturated heterocycles. The van der Waals surface area contributed by atoms with Crippen LogP contribution >= 0.6 is 0 Å². The molecule has 2 N–H and O–H groups in total. The average Bonchev–Trinajstić information content (AvgIpc) is 2.48. The monoisotopic (exact) mass is 281 g/mol. The predicted molar refractivity (Wildman–Crippen MR) is 76.8 cm³/mol. The van der Waals surface area contributed by atoms with Gasteiger partial charge in [-0.2, -0.15) is 0 Å². The van der Waals surface area contributed by atoms with Crippen LogP contribution in [0.2, 0.25) is 0 Å². The van der Waals surface area contributed by atoms with E-state index in [2.05, 4.69) is 11.8 Å². The average molecular weight is 281 g/mol. The summed E-state index contributed by atoms with van der Waals surface area (Å²) in [4.78, 5) is 2.19. The number of likely N-dealkylation sites (tertiary alicyclic amines) is 1. The number of nitrogens with zero attached hydrogens (tertiary/aromatic N) is 1. The smallest absolute Gasteiger partial charge is 0.123 e. The molecule has 1 aliphatic heterocycles. The minimum Gasteiger partial charge on any atom is -0.396 e. The molecular formula is C16H24FNO2. The Morgan fingerprint density at radius 3 is 2.60 bits per heavy atom. The maximum atomic E-state index is 13.1. The molecule has 1 aromatic rings. The van der Waals surface area contributed by atoms with Gasteiger partial charge in [-0.15, -0.1) is 0 Å². The van der Waals surface area contributed by atoms with Crippen LogP contribution in [0.15, 0.2) is 24.3 Å². The Bertz CT molecular complexity index is 424. The van der Waals surface area contributed by atoms with E-state index >= 15 is 0 Å². The summed E-state index contributed by atoms with van der Waals surface area (Å²) in [6, 6.07) is 6.15. The molecule has 1 atom stereocenters. The van der Waals surface area contributed by atoms with Crippen molar-refractivity contribution in [2.24, 2.45) is 5.41 Å². The van der Waals surface area contributed by atoms with E-state index in [1.165, 1.54) is 12.1 Å². The van der Waals surface area contributed by atoms with Gasteiger partial charge in [0.15, 0.2) is 0 Å². The van der Waals surface area contributed by atoms with E-state index in [0.29, 0.717) is 12.1 Å². The van der Waals surface area contributed by atoms with Gasteiger partial charge in [0, 0.05) is 13.2 Å². The maximum Gasteiger partial charge on any atom is 0.123 e. The number of piperidine rings is 1. The summed E-state index contributed by atoms with van der Waals surface area (Å²) in [7, 11) is 0. The second-order valence-corrected chi connectivity index (χ2v) is 5.88. The van der Waals surface area contributed by atoms with Crippen molar-refractivity contribution in [3.05, 3.63) is 35.6 Å². The van der Waals surface area contributed by atoms with Crippen molar-refractivity contribution in [2.75, 3.05) is 26.2 Å². The molecule has 0 radical (unpaired) electrons. The van der Waals surface area contributed by atoms with Crippen molar-refractivity contribution in [3.8, 4) is 0 Å². The van der Waals surface area contributed by atoms with Gasteiger partial charge in [-0.05, 0) is 55.5 Å². The van der Waals surface area contributed by atoms with E-state index in [1.807, 2.05) is 0 Å². The number of benzene rings is 1. The number of rotatable bonds is 5. The molecule has 2 rings (SSSR count). The molecule has 1 unspecified atom stereocenters. The van der Waals surface area contributed by atoms with Crippen LogP contribution in [0.3, 0.4) is 0 Å². The van der Waals surface area contributed by atoms with Crippen LogP contribution in [-0.4, -0.2) is 41.4 Å². The normalized spacial score (nSPS) is 20.8. The summed E-state index contributed by atoms with van der Waals surface area (Å²) in [6.45, 7) is 4.63. The number of β-amino-alcohol motifs (C(OH)–C–C–N with tert-alkyl or cyclic N) is 1. The summed E-state index contributed by atoms with van der Waals surface area (Å²) in [5, 5.41) is 19.7. The van der Waals surface area contributed by atoms with Crippen molar-refractivity contribution >= 4 is 0 Å². The highest BCUT2D eigenvalue weighted by atomic mass is 19.1. The molecule has 0 amide bonds. The van der Waals surface area contributed by atoms with Crippen LogP contribution in [0.5, 0.6) is 0 Å². The van der Waals surface area contributed by atoms with E-state index in [4.69, 9.17) is 0 Å². The Hall–Kier alpha value is -0.970. The predicted octanol–water partition coefficient (Wildman–Crippen LogP) is 2.34. The van der Waals surface area contributed by atoms with Gasteiger partial charge in [0.1, 0.15) is 5.82 Å². The zero-order valence-corrected chi connectivity index (χ0v) is 12.1. The molecule has 0 saturated carbocycles. The summed E-state index contributed by atoms with van der Waals surface area (Å²) in [5.74, 6) is -0.314. The lowest BCUT2D eigenvalue weighted by Crippen LogP contribution is -2.43. The largest absolute Gasteiger partial charge is 0.396 e. The molecule has 4 heteroatoms. The molecule has 1 heterocycles. The minimum atomic E-state index is -0.658. The summed E-state index contributed by atoms with van der Waals surface area (Å²) >= 11 is 0. The SMILES string of the molecule is CCC1(CO)CCN(CC(O)c2cccc(F)c2)CC1. The van der Waals surface area contributed by atoms with Gasteiger partial charge < -0.3 is 15.1 Å². The van der Waals surface area contributed by atoms with Gasteiger partial charge in [0.2, 0.25) is 0 Å². The first kappa shape index (κ1) is 15.4. The molecule has 3 nitrogen and oxygen atoms in total. The van der Waals surface area contributed by atoms with Gasteiger partial charge in [0.05, 0.1) is 6.10 Å². The van der Waals surface area contributed by atoms with Gasteiger partial charge in [-0.1, -0.05) is 19.1 Å². The first-order valence-electron chi connectivity index (χ1n) is 7.35. The third-order valence-corrected chi connectivity index (χ3v) is 4.67. The second kappa shape index (κ2) is 6.66. The Morgan fingerprint density at radius 1 is 1.35 bits per heavy atom. The first-order chi connectivity index (χ1) is 9.58. The molecule has 0 aliphatic carbocycles. The molecule has 1 fully saturated rings. The lowest BCUT2D eigenvalue weighted by Gasteiger charge is -2.40. The number of aliphatic hydroxyl groups is 2. The lowest BCUT2D eigenvalue weighted by atomic mass is 9.77. The van der Waals surface area contributed by atoms with Crippen LogP contribution in [0.25, 0.3) is 0 Å². The van der Waals surface area contributed by atoms with Crippen molar-refractivity contribution < 1.29 is 14.6 Å². The van der Waals surface area contributed by atoms with E-state index < -0.39 is 6.10 Å². The van der Waals surface area contributed by atoms with Crippen LogP contribution in [0.1, 0.15) is 37.9 Å². The topological polar surface area (TPSA) is 43.7 Å². The molecule has 20 heavy (non-hydrogen) atoms. The number of halogens is 1. The Kier molecular flexibility index (Phi) is 5.13. The maximum absolute atomic E-state index is 13.1. The quantitative estimate of drug-likeness (QED) is 0.870. The third kappa shape index (κ3) is 3.57. The van der Waals surface area contributed by atoms with Crippen LogP contribution in [0, 0.1) is 11.2 Å². The molecule has 0 spiro atoms. The Labute approximate surface area is 120 Å². The fraction of sp³-hybridized carbons (Fsp3) is 0.625. The van der Waals surface area contributed by atoms with Gasteiger partial charge in [-0.25, -0.2) is 4.39 Å². The fourth-order valence-electron chi connectivity index (χ4n) is 2.90. The number of hydrogen-bond donors (Lipinski definition) is 2. The van der Waals surface area contributed by atoms with Gasteiger partial charge >= 0.3 is 0 Å². The fourth-order valence-corrected chi connectivity index (χ4v) is 2.90. The van der Waals surface area contributed by atoms with E-state index in [9.17, 15) is 14.6 Å². The molecular weight excluding hydrogens is 257 g/mol. The van der Waals surface area contributed by atoms with Gasteiger partial charge in [-0.3, -0.25) is 0 Å². The molecule has 1 aliphatic rings. The zero-order chi connectivity index (χ0) is 14.6. The summed E-state index contributed by atoms with van der Waals surface area (Å²) in [5.41, 5.74) is 0.680. The van der Waals surface area contributed by atoms with Crippen LogP contribution in [0.4, 0.5) is 4.39 Å². The molecule has 112 valence electrons. The highest BCUT2D eigenvalue weighted by Crippen LogP contribution is 2.34. The van der Waals surface area contributed by atoms with Crippen LogP contribution in [-0.2, 0) is 0 Å². The van der Waals surface area contributed by atoms with E-state index in [-0.39, 0.29) is 17.8 Å². The zero-order valence-electron chi connectivity index (χ0n) is 12.1. The number of aliphatic hydroxyl groups excluding tert-OH is 2. The van der Waals surface area contributed by atoms with Crippen molar-refractivity contribution in [3.63, 3.8) is 0 Å². The molecule has 1 aromatic carbocycles. The highest BCUT2D eigenvalue weighted by Gasteiger charge is 2.32. The first-order valence-corrected chi connectivity index (χ1v) is 7.35. The highest BCUT2D eigenvalue weighted by molar-refractivity contribution is 5.19. The summed E-state index contributed by atoms with van der Waals surface area (Å²) in [6.07, 6.45) is 2.24. The van der Waals surface area contributed by atoms with Crippen molar-refractivity contribution in [1.29, 1.82) is 0 Å². The Morgan fingerprint density at radius 2 is 2.05 bits per heavy atom. The number of hydrogen-bond acceptors (Lipinski definition) is 3. The minimum absolute atomic E-state index is 0.0559. The van der Waals surface area contributed by atoms with Crippen molar-refractivity contribution in [1.82, 2.24) is 4.90 Å². The Balaban J connectivity index is 1.89. The second-order valence-electron chi connectivity index (χ2n) is 5.88. The molecule has 0 bridgehead atoms. The van der Waals surface area contributed by atoms with Crippen molar-refractivity contribution in [2.45, 2.75) is 32.3 Å².